The molecule has 0 saturated heterocycles. The molecule has 1 aromatic carbocycles. The van der Waals surface area contributed by atoms with Gasteiger partial charge < -0.3 is 5.32 Å². The van der Waals surface area contributed by atoms with Gasteiger partial charge in [0, 0.05) is 12.2 Å². The third-order valence-corrected chi connectivity index (χ3v) is 3.96. The van der Waals surface area contributed by atoms with Crippen molar-refractivity contribution in [1.29, 1.82) is 0 Å². The van der Waals surface area contributed by atoms with E-state index in [1.165, 1.54) is 12.1 Å². The number of rotatable bonds is 1. The van der Waals surface area contributed by atoms with Crippen LogP contribution in [0.1, 0.15) is 23.7 Å². The molecule has 0 aliphatic carbocycles. The van der Waals surface area contributed by atoms with Crippen LogP contribution in [0.4, 0.5) is 10.2 Å². The molecule has 0 bridgehead atoms. The largest absolute Gasteiger partial charge is 0.370 e. The summed E-state index contributed by atoms with van der Waals surface area (Å²) in [6.45, 7) is 2.83. The third-order valence-electron chi connectivity index (χ3n) is 3.96. The second kappa shape index (κ2) is 4.55. The quantitative estimate of drug-likeness (QED) is 0.745. The first-order valence-corrected chi connectivity index (χ1v) is 7.07. The van der Waals surface area contributed by atoms with Crippen LogP contribution < -0.4 is 5.32 Å². The van der Waals surface area contributed by atoms with Gasteiger partial charge in [0.25, 0.3) is 0 Å². The second-order valence-electron chi connectivity index (χ2n) is 5.40. The number of nitrogens with zero attached hydrogens (tertiary/aromatic N) is 3. The van der Waals surface area contributed by atoms with Gasteiger partial charge in [-0.05, 0) is 43.2 Å². The minimum Gasteiger partial charge on any atom is -0.370 e. The number of aromatic nitrogens is 3. The van der Waals surface area contributed by atoms with Crippen molar-refractivity contribution in [2.75, 3.05) is 11.9 Å². The highest BCUT2D eigenvalue weighted by atomic mass is 19.1. The highest BCUT2D eigenvalue weighted by Gasteiger charge is 2.25. The Bertz CT molecular complexity index is 807. The van der Waals surface area contributed by atoms with Gasteiger partial charge in [-0.15, -0.1) is 5.10 Å². The van der Waals surface area contributed by atoms with Crippen LogP contribution in [-0.2, 0) is 0 Å². The third kappa shape index (κ3) is 1.96. The van der Waals surface area contributed by atoms with Crippen LogP contribution in [0.2, 0.25) is 0 Å². The fraction of sp³-hybridized carbons (Fsp3) is 0.250. The number of pyridine rings is 1. The number of fused-ring (bicyclic) bond motifs is 3. The van der Waals surface area contributed by atoms with Gasteiger partial charge in [-0.2, -0.15) is 0 Å². The molecule has 1 atom stereocenters. The Morgan fingerprint density at radius 1 is 1.19 bits per heavy atom. The van der Waals surface area contributed by atoms with E-state index in [-0.39, 0.29) is 11.9 Å². The molecule has 4 rings (SSSR count). The van der Waals surface area contributed by atoms with E-state index in [1.807, 2.05) is 29.8 Å². The van der Waals surface area contributed by atoms with Crippen LogP contribution >= 0.6 is 0 Å². The van der Waals surface area contributed by atoms with Gasteiger partial charge in [-0.25, -0.2) is 14.1 Å². The number of nitrogens with one attached hydrogen (secondary N) is 1. The first kappa shape index (κ1) is 12.3. The minimum atomic E-state index is -0.212. The van der Waals surface area contributed by atoms with Crippen molar-refractivity contribution in [3.63, 3.8) is 0 Å². The van der Waals surface area contributed by atoms with Gasteiger partial charge in [0.2, 0.25) is 0 Å². The Balaban J connectivity index is 1.87. The second-order valence-corrected chi connectivity index (χ2v) is 5.40. The SMILES string of the molecule is Cc1ccc2c3n(nc2n1)C(c1ccc(F)cc1)CCN3. The molecule has 0 amide bonds. The summed E-state index contributed by atoms with van der Waals surface area (Å²) in [6.07, 6.45) is 0.922. The Hall–Kier alpha value is -2.43. The first-order chi connectivity index (χ1) is 10.2. The molecule has 1 N–H and O–H groups in total. The lowest BCUT2D eigenvalue weighted by Gasteiger charge is -2.26. The van der Waals surface area contributed by atoms with E-state index in [1.54, 1.807) is 0 Å². The van der Waals surface area contributed by atoms with E-state index in [9.17, 15) is 4.39 Å². The molecule has 1 aliphatic rings. The molecule has 1 aliphatic heterocycles. The van der Waals surface area contributed by atoms with E-state index in [0.717, 1.165) is 41.1 Å². The molecule has 0 radical (unpaired) electrons. The Labute approximate surface area is 121 Å². The monoisotopic (exact) mass is 282 g/mol. The van der Waals surface area contributed by atoms with Gasteiger partial charge >= 0.3 is 0 Å². The molecule has 1 unspecified atom stereocenters. The van der Waals surface area contributed by atoms with Gasteiger partial charge in [-0.1, -0.05) is 12.1 Å². The Morgan fingerprint density at radius 3 is 2.81 bits per heavy atom. The molecule has 3 aromatic rings. The van der Waals surface area contributed by atoms with Crippen LogP contribution in [0.3, 0.4) is 0 Å². The summed E-state index contributed by atoms with van der Waals surface area (Å²) in [5.74, 6) is 0.786. The molecule has 21 heavy (non-hydrogen) atoms. The zero-order valence-corrected chi connectivity index (χ0v) is 11.7. The van der Waals surface area contributed by atoms with Crippen molar-refractivity contribution in [1.82, 2.24) is 14.8 Å². The maximum Gasteiger partial charge on any atom is 0.183 e. The number of aryl methyl sites for hydroxylation is 1. The van der Waals surface area contributed by atoms with Crippen LogP contribution in [0.25, 0.3) is 11.0 Å². The summed E-state index contributed by atoms with van der Waals surface area (Å²) in [7, 11) is 0. The summed E-state index contributed by atoms with van der Waals surface area (Å²) in [4.78, 5) is 4.49. The molecule has 4 nitrogen and oxygen atoms in total. The fourth-order valence-corrected chi connectivity index (χ4v) is 2.92. The zero-order chi connectivity index (χ0) is 14.4. The highest BCUT2D eigenvalue weighted by molar-refractivity contribution is 5.88. The van der Waals surface area contributed by atoms with Crippen LogP contribution in [0.15, 0.2) is 36.4 Å². The molecule has 0 fully saturated rings. The summed E-state index contributed by atoms with van der Waals surface area (Å²) < 4.78 is 15.1. The summed E-state index contributed by atoms with van der Waals surface area (Å²) in [5, 5.41) is 9.08. The standard InChI is InChI=1S/C16H15FN4/c1-10-2-7-13-15(19-10)20-21-14(8-9-18-16(13)21)11-3-5-12(17)6-4-11/h2-7,14,18H,8-9H2,1H3. The molecule has 3 heterocycles. The van der Waals surface area contributed by atoms with E-state index in [2.05, 4.69) is 21.5 Å². The van der Waals surface area contributed by atoms with Crippen LogP contribution in [-0.4, -0.2) is 21.3 Å². The topological polar surface area (TPSA) is 42.7 Å². The molecule has 106 valence electrons. The maximum absolute atomic E-state index is 13.1. The molecular weight excluding hydrogens is 267 g/mol. The molecule has 0 saturated carbocycles. The van der Waals surface area contributed by atoms with E-state index < -0.39 is 0 Å². The van der Waals surface area contributed by atoms with Gasteiger partial charge in [0.05, 0.1) is 11.4 Å². The van der Waals surface area contributed by atoms with Crippen molar-refractivity contribution in [3.05, 3.63) is 53.5 Å². The Morgan fingerprint density at radius 2 is 2.00 bits per heavy atom. The lowest BCUT2D eigenvalue weighted by Crippen LogP contribution is -2.24. The van der Waals surface area contributed by atoms with E-state index >= 15 is 0 Å². The van der Waals surface area contributed by atoms with E-state index in [0.29, 0.717) is 0 Å². The van der Waals surface area contributed by atoms with Crippen molar-refractivity contribution < 1.29 is 4.39 Å². The zero-order valence-electron chi connectivity index (χ0n) is 11.7. The first-order valence-electron chi connectivity index (χ1n) is 7.07. The average Bonchev–Trinajstić information content (AvgIpc) is 2.85. The predicted molar refractivity (Wildman–Crippen MR) is 79.9 cm³/mol. The summed E-state index contributed by atoms with van der Waals surface area (Å²) in [6, 6.07) is 10.8. The van der Waals surface area contributed by atoms with Gasteiger partial charge in [0.15, 0.2) is 5.65 Å². The molecule has 5 heteroatoms. The number of halogens is 1. The molecule has 2 aromatic heterocycles. The lowest BCUT2D eigenvalue weighted by molar-refractivity contribution is 0.484. The highest BCUT2D eigenvalue weighted by Crippen LogP contribution is 2.33. The summed E-state index contributed by atoms with van der Waals surface area (Å²) in [5.41, 5.74) is 2.78. The van der Waals surface area contributed by atoms with Crippen molar-refractivity contribution in [3.8, 4) is 0 Å². The summed E-state index contributed by atoms with van der Waals surface area (Å²) >= 11 is 0. The average molecular weight is 282 g/mol. The lowest BCUT2D eigenvalue weighted by atomic mass is 10.0. The maximum atomic E-state index is 13.1. The predicted octanol–water partition coefficient (Wildman–Crippen LogP) is 3.28. The number of hydrogen-bond acceptors (Lipinski definition) is 3. The van der Waals surface area contributed by atoms with Crippen LogP contribution in [0.5, 0.6) is 0 Å². The number of hydrogen-bond donors (Lipinski definition) is 1. The molecule has 0 spiro atoms. The fourth-order valence-electron chi connectivity index (χ4n) is 2.92. The van der Waals surface area contributed by atoms with E-state index in [4.69, 9.17) is 0 Å². The van der Waals surface area contributed by atoms with Crippen LogP contribution in [0, 0.1) is 12.7 Å². The molecular formula is C16H15FN4. The Kier molecular flexibility index (Phi) is 2.67. The normalized spacial score (nSPS) is 17.5. The number of benzene rings is 1. The van der Waals surface area contributed by atoms with Crippen molar-refractivity contribution in [2.45, 2.75) is 19.4 Å². The van der Waals surface area contributed by atoms with Crippen molar-refractivity contribution >= 4 is 16.9 Å². The minimum absolute atomic E-state index is 0.122. The smallest absolute Gasteiger partial charge is 0.183 e. The van der Waals surface area contributed by atoms with Gasteiger partial charge in [0.1, 0.15) is 11.6 Å². The van der Waals surface area contributed by atoms with Crippen molar-refractivity contribution in [2.24, 2.45) is 0 Å². The van der Waals surface area contributed by atoms with Gasteiger partial charge in [-0.3, -0.25) is 0 Å². The number of anilines is 1.